The van der Waals surface area contributed by atoms with Crippen LogP contribution in [0.25, 0.3) is 0 Å². The summed E-state index contributed by atoms with van der Waals surface area (Å²) in [5, 5.41) is 10.6. The van der Waals surface area contributed by atoms with Gasteiger partial charge in [-0.3, -0.25) is 0 Å². The highest BCUT2D eigenvalue weighted by atomic mass is 19.1. The van der Waals surface area contributed by atoms with Gasteiger partial charge in [-0.2, -0.15) is 0 Å². The molecule has 2 fully saturated rings. The summed E-state index contributed by atoms with van der Waals surface area (Å²) in [4.78, 5) is 0. The molecule has 1 aromatic rings. The van der Waals surface area contributed by atoms with E-state index in [0.29, 0.717) is 38.9 Å². The fraction of sp³-hybridized carbons (Fsp3) is 0.600. The number of halogens is 2. The summed E-state index contributed by atoms with van der Waals surface area (Å²) in [6.45, 7) is 1.14. The number of hydrogen-bond acceptors (Lipinski definition) is 3. The minimum absolute atomic E-state index is 0.0123. The molecular weight excluding hydrogens is 266 g/mol. The highest BCUT2D eigenvalue weighted by Crippen LogP contribution is 2.41. The molecule has 1 saturated heterocycles. The second-order valence-corrected chi connectivity index (χ2v) is 5.71. The van der Waals surface area contributed by atoms with Crippen molar-refractivity contribution in [1.82, 2.24) is 0 Å². The molecule has 1 aliphatic carbocycles. The largest absolute Gasteiger partial charge is 0.390 e. The lowest BCUT2D eigenvalue weighted by molar-refractivity contribution is -0.202. The molecule has 0 atom stereocenters. The van der Waals surface area contributed by atoms with Gasteiger partial charge in [-0.15, -0.1) is 0 Å². The Kier molecular flexibility index (Phi) is 3.52. The first-order valence-electron chi connectivity index (χ1n) is 6.95. The van der Waals surface area contributed by atoms with E-state index in [0.717, 1.165) is 0 Å². The topological polar surface area (TPSA) is 38.7 Å². The van der Waals surface area contributed by atoms with Crippen molar-refractivity contribution in [3.63, 3.8) is 0 Å². The molecule has 1 N–H and O–H groups in total. The first kappa shape index (κ1) is 13.9. The van der Waals surface area contributed by atoms with Crippen LogP contribution < -0.4 is 0 Å². The number of benzene rings is 1. The first-order chi connectivity index (χ1) is 9.52. The lowest BCUT2D eigenvalue weighted by Crippen LogP contribution is -2.45. The van der Waals surface area contributed by atoms with E-state index in [1.54, 1.807) is 0 Å². The minimum Gasteiger partial charge on any atom is -0.390 e. The van der Waals surface area contributed by atoms with Crippen LogP contribution in [0.2, 0.25) is 0 Å². The molecule has 0 radical (unpaired) electrons. The van der Waals surface area contributed by atoms with E-state index in [1.807, 2.05) is 0 Å². The van der Waals surface area contributed by atoms with Crippen molar-refractivity contribution >= 4 is 0 Å². The normalized spacial score (nSPS) is 24.1. The van der Waals surface area contributed by atoms with E-state index in [2.05, 4.69) is 0 Å². The summed E-state index contributed by atoms with van der Waals surface area (Å²) in [6, 6.07) is 3.76. The zero-order valence-electron chi connectivity index (χ0n) is 11.2. The van der Waals surface area contributed by atoms with Crippen LogP contribution in [0.15, 0.2) is 18.2 Å². The molecule has 2 aliphatic rings. The third-order valence-corrected chi connectivity index (χ3v) is 4.32. The Hall–Kier alpha value is -1.04. The lowest BCUT2D eigenvalue weighted by Gasteiger charge is -2.40. The van der Waals surface area contributed by atoms with E-state index in [4.69, 9.17) is 9.47 Å². The molecule has 1 saturated carbocycles. The number of hydrogen-bond donors (Lipinski definition) is 1. The van der Waals surface area contributed by atoms with Crippen molar-refractivity contribution in [2.45, 2.75) is 43.5 Å². The highest BCUT2D eigenvalue weighted by molar-refractivity contribution is 5.22. The molecule has 0 aromatic heterocycles. The predicted octanol–water partition coefficient (Wildman–Crippen LogP) is 2.56. The molecule has 1 aromatic carbocycles. The van der Waals surface area contributed by atoms with Crippen molar-refractivity contribution in [1.29, 1.82) is 0 Å². The molecule has 0 amide bonds. The molecule has 0 bridgehead atoms. The van der Waals surface area contributed by atoms with Gasteiger partial charge in [0.05, 0.1) is 18.8 Å². The highest BCUT2D eigenvalue weighted by Gasteiger charge is 2.45. The van der Waals surface area contributed by atoms with Gasteiger partial charge in [-0.05, 0) is 25.0 Å². The van der Waals surface area contributed by atoms with E-state index < -0.39 is 23.0 Å². The average Bonchev–Trinajstić information content (AvgIpc) is 2.88. The Morgan fingerprint density at radius 3 is 2.10 bits per heavy atom. The van der Waals surface area contributed by atoms with Gasteiger partial charge in [0.25, 0.3) is 0 Å². The summed E-state index contributed by atoms with van der Waals surface area (Å²) in [7, 11) is 0. The fourth-order valence-corrected chi connectivity index (χ4v) is 3.09. The van der Waals surface area contributed by atoms with Gasteiger partial charge in [-0.1, -0.05) is 6.07 Å². The van der Waals surface area contributed by atoms with Crippen LogP contribution in [0.5, 0.6) is 0 Å². The molecule has 20 heavy (non-hydrogen) atoms. The Labute approximate surface area is 116 Å². The van der Waals surface area contributed by atoms with E-state index >= 15 is 0 Å². The van der Waals surface area contributed by atoms with Crippen LogP contribution >= 0.6 is 0 Å². The first-order valence-corrected chi connectivity index (χ1v) is 6.95. The van der Waals surface area contributed by atoms with Crippen LogP contribution in [0.1, 0.15) is 31.2 Å². The third-order valence-electron chi connectivity index (χ3n) is 4.32. The lowest BCUT2D eigenvalue weighted by atomic mass is 9.77. The summed E-state index contributed by atoms with van der Waals surface area (Å²) >= 11 is 0. The Bertz CT molecular complexity index is 468. The molecule has 3 rings (SSSR count). The monoisotopic (exact) mass is 284 g/mol. The number of aliphatic hydroxyl groups is 1. The molecular formula is C15H18F2O3. The van der Waals surface area contributed by atoms with E-state index in [1.165, 1.54) is 18.2 Å². The summed E-state index contributed by atoms with van der Waals surface area (Å²) in [5.41, 5.74) is -1.14. The van der Waals surface area contributed by atoms with Gasteiger partial charge in [0.1, 0.15) is 11.6 Å². The fourth-order valence-electron chi connectivity index (χ4n) is 3.09. The van der Waals surface area contributed by atoms with Crippen molar-refractivity contribution in [2.75, 3.05) is 13.2 Å². The zero-order valence-corrected chi connectivity index (χ0v) is 11.2. The van der Waals surface area contributed by atoms with Crippen LogP contribution in [0.3, 0.4) is 0 Å². The quantitative estimate of drug-likeness (QED) is 0.907. The Morgan fingerprint density at radius 1 is 1.00 bits per heavy atom. The van der Waals surface area contributed by atoms with Crippen LogP contribution in [0, 0.1) is 11.6 Å². The minimum atomic E-state index is -1.09. The standard InChI is InChI=1S/C15H18F2O3/c16-12-2-1-3-13(17)11(12)10-14(18)4-6-15(7-5-14)19-8-9-20-15/h1-3,18H,4-10H2. The Balaban J connectivity index is 1.72. The molecule has 1 spiro atoms. The van der Waals surface area contributed by atoms with Crippen molar-refractivity contribution in [2.24, 2.45) is 0 Å². The molecule has 1 aliphatic heterocycles. The average molecular weight is 284 g/mol. The van der Waals surface area contributed by atoms with E-state index in [-0.39, 0.29) is 12.0 Å². The summed E-state index contributed by atoms with van der Waals surface area (Å²) in [6.07, 6.45) is 1.93. The van der Waals surface area contributed by atoms with Crippen molar-refractivity contribution in [3.05, 3.63) is 35.4 Å². The number of ether oxygens (including phenoxy) is 2. The third kappa shape index (κ3) is 2.57. The molecule has 1 heterocycles. The van der Waals surface area contributed by atoms with E-state index in [9.17, 15) is 13.9 Å². The second kappa shape index (κ2) is 5.06. The van der Waals surface area contributed by atoms with Gasteiger partial charge >= 0.3 is 0 Å². The van der Waals surface area contributed by atoms with Gasteiger partial charge in [0.2, 0.25) is 0 Å². The van der Waals surface area contributed by atoms with Crippen LogP contribution in [0.4, 0.5) is 8.78 Å². The van der Waals surface area contributed by atoms with Gasteiger partial charge in [0.15, 0.2) is 5.79 Å². The SMILES string of the molecule is OC1(Cc2c(F)cccc2F)CCC2(CC1)OCCO2. The smallest absolute Gasteiger partial charge is 0.168 e. The molecule has 5 heteroatoms. The van der Waals surface area contributed by atoms with Gasteiger partial charge < -0.3 is 14.6 Å². The summed E-state index contributed by atoms with van der Waals surface area (Å²) < 4.78 is 38.5. The molecule has 3 nitrogen and oxygen atoms in total. The molecule has 0 unspecified atom stereocenters. The van der Waals surface area contributed by atoms with Crippen LogP contribution in [-0.4, -0.2) is 29.7 Å². The maximum absolute atomic E-state index is 13.7. The summed E-state index contributed by atoms with van der Waals surface area (Å²) in [5.74, 6) is -1.79. The number of rotatable bonds is 2. The van der Waals surface area contributed by atoms with Gasteiger partial charge in [-0.25, -0.2) is 8.78 Å². The molecule has 110 valence electrons. The van der Waals surface area contributed by atoms with Gasteiger partial charge in [0, 0.05) is 24.8 Å². The van der Waals surface area contributed by atoms with Crippen molar-refractivity contribution < 1.29 is 23.4 Å². The Morgan fingerprint density at radius 2 is 1.55 bits per heavy atom. The van der Waals surface area contributed by atoms with Crippen LogP contribution in [-0.2, 0) is 15.9 Å². The predicted molar refractivity (Wildman–Crippen MR) is 68.1 cm³/mol. The maximum atomic E-state index is 13.7. The second-order valence-electron chi connectivity index (χ2n) is 5.71. The zero-order chi connectivity index (χ0) is 14.2. The van der Waals surface area contributed by atoms with Crippen molar-refractivity contribution in [3.8, 4) is 0 Å². The maximum Gasteiger partial charge on any atom is 0.168 e.